The molecule has 1 heterocycles. The molecule has 6 heteroatoms. The Balaban J connectivity index is 2.84. The molecule has 14 heavy (non-hydrogen) atoms. The number of primary amides is 1. The van der Waals surface area contributed by atoms with Crippen LogP contribution in [0.3, 0.4) is 0 Å². The van der Waals surface area contributed by atoms with E-state index in [4.69, 9.17) is 11.5 Å². The van der Waals surface area contributed by atoms with Crippen molar-refractivity contribution in [3.8, 4) is 0 Å². The third kappa shape index (κ3) is 2.67. The predicted molar refractivity (Wildman–Crippen MR) is 52.6 cm³/mol. The maximum atomic E-state index is 11.1. The van der Waals surface area contributed by atoms with E-state index in [1.54, 1.807) is 19.2 Å². The summed E-state index contributed by atoms with van der Waals surface area (Å²) in [6.45, 7) is 2.13. The van der Waals surface area contributed by atoms with E-state index < -0.39 is 6.03 Å². The molecule has 1 aromatic rings. The van der Waals surface area contributed by atoms with E-state index in [1.807, 2.05) is 0 Å². The molecule has 4 N–H and O–H groups in total. The zero-order chi connectivity index (χ0) is 10.6. The minimum Gasteiger partial charge on any atom is -0.351 e. The summed E-state index contributed by atoms with van der Waals surface area (Å²) in [5.74, 6) is 0.463. The minimum atomic E-state index is -0.569. The molecule has 6 nitrogen and oxygen atoms in total. The maximum Gasteiger partial charge on any atom is 0.320 e. The molecule has 0 fully saturated rings. The van der Waals surface area contributed by atoms with Crippen molar-refractivity contribution in [2.24, 2.45) is 11.5 Å². The molecule has 0 radical (unpaired) electrons. The van der Waals surface area contributed by atoms with Crippen LogP contribution in [-0.2, 0) is 0 Å². The first-order valence-electron chi connectivity index (χ1n) is 4.20. The number of nitrogens with two attached hydrogens (primary N) is 2. The van der Waals surface area contributed by atoms with Crippen LogP contribution in [0.4, 0.5) is 10.6 Å². The molecule has 0 aliphatic heterocycles. The third-order valence-corrected chi connectivity index (χ3v) is 1.58. The largest absolute Gasteiger partial charge is 0.351 e. The molecule has 1 atom stereocenters. The Morgan fingerprint density at radius 1 is 1.71 bits per heavy atom. The van der Waals surface area contributed by atoms with Crippen LogP contribution >= 0.6 is 0 Å². The van der Waals surface area contributed by atoms with Gasteiger partial charge in [-0.25, -0.2) is 14.8 Å². The van der Waals surface area contributed by atoms with Gasteiger partial charge in [-0.15, -0.1) is 0 Å². The van der Waals surface area contributed by atoms with Crippen LogP contribution in [-0.4, -0.2) is 28.6 Å². The average Bonchev–Trinajstić information content (AvgIpc) is 2.15. The van der Waals surface area contributed by atoms with Crippen molar-refractivity contribution in [3.05, 3.63) is 18.6 Å². The van der Waals surface area contributed by atoms with Gasteiger partial charge in [0.25, 0.3) is 0 Å². The van der Waals surface area contributed by atoms with Gasteiger partial charge in [-0.2, -0.15) is 0 Å². The Labute approximate surface area is 81.9 Å². The first-order valence-corrected chi connectivity index (χ1v) is 4.20. The second-order valence-electron chi connectivity index (χ2n) is 2.99. The number of carbonyl (C=O) groups excluding carboxylic acids is 1. The number of aromatic nitrogens is 2. The molecule has 0 aliphatic rings. The van der Waals surface area contributed by atoms with E-state index >= 15 is 0 Å². The number of hydrogen-bond donors (Lipinski definition) is 2. The number of amides is 2. The fraction of sp³-hybridized carbons (Fsp3) is 0.375. The van der Waals surface area contributed by atoms with Crippen LogP contribution in [0, 0.1) is 0 Å². The van der Waals surface area contributed by atoms with Gasteiger partial charge >= 0.3 is 6.03 Å². The van der Waals surface area contributed by atoms with Crippen LogP contribution in [0.25, 0.3) is 0 Å². The molecule has 0 saturated heterocycles. The van der Waals surface area contributed by atoms with Crippen molar-refractivity contribution in [1.29, 1.82) is 0 Å². The zero-order valence-corrected chi connectivity index (χ0v) is 7.92. The zero-order valence-electron chi connectivity index (χ0n) is 7.92. The average molecular weight is 195 g/mol. The Morgan fingerprint density at radius 3 is 2.86 bits per heavy atom. The third-order valence-electron chi connectivity index (χ3n) is 1.58. The Kier molecular flexibility index (Phi) is 3.35. The lowest BCUT2D eigenvalue weighted by Crippen LogP contribution is -2.43. The predicted octanol–water partition coefficient (Wildman–Crippen LogP) is -0.291. The van der Waals surface area contributed by atoms with E-state index in [2.05, 4.69) is 9.97 Å². The van der Waals surface area contributed by atoms with Gasteiger partial charge in [0.05, 0.1) is 0 Å². The summed E-state index contributed by atoms with van der Waals surface area (Å²) in [7, 11) is 0. The number of carbonyl (C=O) groups is 1. The highest BCUT2D eigenvalue weighted by Crippen LogP contribution is 2.07. The highest BCUT2D eigenvalue weighted by molar-refractivity contribution is 5.89. The van der Waals surface area contributed by atoms with Crippen molar-refractivity contribution in [1.82, 2.24) is 9.97 Å². The Bertz CT molecular complexity index is 300. The van der Waals surface area contributed by atoms with Crippen molar-refractivity contribution in [2.45, 2.75) is 13.0 Å². The van der Waals surface area contributed by atoms with Crippen LogP contribution < -0.4 is 16.4 Å². The summed E-state index contributed by atoms with van der Waals surface area (Å²) in [6, 6.07) is 0.881. The van der Waals surface area contributed by atoms with Gasteiger partial charge in [0, 0.05) is 18.8 Å². The molecule has 0 spiro atoms. The molecule has 1 rings (SSSR count). The second-order valence-corrected chi connectivity index (χ2v) is 2.99. The molecule has 76 valence electrons. The maximum absolute atomic E-state index is 11.1. The fourth-order valence-corrected chi connectivity index (χ4v) is 1.03. The van der Waals surface area contributed by atoms with Crippen LogP contribution in [0.15, 0.2) is 18.6 Å². The molecule has 1 unspecified atom stereocenters. The van der Waals surface area contributed by atoms with Gasteiger partial charge in [0.2, 0.25) is 0 Å². The number of urea groups is 1. The van der Waals surface area contributed by atoms with E-state index in [1.165, 1.54) is 11.2 Å². The van der Waals surface area contributed by atoms with Gasteiger partial charge in [-0.05, 0) is 13.0 Å². The first kappa shape index (κ1) is 10.4. The lowest BCUT2D eigenvalue weighted by molar-refractivity contribution is 0.253. The SMILES string of the molecule is CC(N)CN(C(N)=O)c1ccncn1. The van der Waals surface area contributed by atoms with Gasteiger partial charge in [-0.3, -0.25) is 4.90 Å². The van der Waals surface area contributed by atoms with Crippen LogP contribution in [0.2, 0.25) is 0 Å². The summed E-state index contributed by atoms with van der Waals surface area (Å²) in [5, 5.41) is 0. The first-order chi connectivity index (χ1) is 6.61. The lowest BCUT2D eigenvalue weighted by atomic mass is 10.3. The highest BCUT2D eigenvalue weighted by Gasteiger charge is 2.14. The van der Waals surface area contributed by atoms with E-state index in [0.29, 0.717) is 12.4 Å². The van der Waals surface area contributed by atoms with Crippen molar-refractivity contribution in [2.75, 3.05) is 11.4 Å². The molecule has 0 bridgehead atoms. The molecule has 1 aromatic heterocycles. The summed E-state index contributed by atoms with van der Waals surface area (Å²) in [5.41, 5.74) is 10.8. The molecule has 0 aromatic carbocycles. The Morgan fingerprint density at radius 2 is 2.43 bits per heavy atom. The van der Waals surface area contributed by atoms with Gasteiger partial charge in [-0.1, -0.05) is 0 Å². The standard InChI is InChI=1S/C8H13N5O/c1-6(9)4-13(8(10)14)7-2-3-11-5-12-7/h2-3,5-6H,4,9H2,1H3,(H2,10,14). The van der Waals surface area contributed by atoms with Crippen LogP contribution in [0.5, 0.6) is 0 Å². The topological polar surface area (TPSA) is 98.1 Å². The number of nitrogens with zero attached hydrogens (tertiary/aromatic N) is 3. The quantitative estimate of drug-likeness (QED) is 0.692. The summed E-state index contributed by atoms with van der Waals surface area (Å²) in [6.07, 6.45) is 2.89. The fourth-order valence-electron chi connectivity index (χ4n) is 1.03. The number of rotatable bonds is 3. The van der Waals surface area contributed by atoms with Crippen molar-refractivity contribution >= 4 is 11.8 Å². The van der Waals surface area contributed by atoms with E-state index in [9.17, 15) is 4.79 Å². The summed E-state index contributed by atoms with van der Waals surface area (Å²) < 4.78 is 0. The minimum absolute atomic E-state index is 0.155. The second kappa shape index (κ2) is 4.52. The lowest BCUT2D eigenvalue weighted by Gasteiger charge is -2.20. The highest BCUT2D eigenvalue weighted by atomic mass is 16.2. The molecule has 0 saturated carbocycles. The van der Waals surface area contributed by atoms with Gasteiger partial charge in [0.15, 0.2) is 0 Å². The molecular weight excluding hydrogens is 182 g/mol. The number of hydrogen-bond acceptors (Lipinski definition) is 4. The van der Waals surface area contributed by atoms with Gasteiger partial charge in [0.1, 0.15) is 12.1 Å². The normalized spacial score (nSPS) is 12.1. The number of anilines is 1. The Hall–Kier alpha value is -1.69. The van der Waals surface area contributed by atoms with Crippen molar-refractivity contribution < 1.29 is 4.79 Å². The monoisotopic (exact) mass is 195 g/mol. The molecular formula is C8H13N5O. The van der Waals surface area contributed by atoms with Crippen LogP contribution in [0.1, 0.15) is 6.92 Å². The molecule has 2 amide bonds. The van der Waals surface area contributed by atoms with E-state index in [0.717, 1.165) is 0 Å². The smallest absolute Gasteiger partial charge is 0.320 e. The van der Waals surface area contributed by atoms with E-state index in [-0.39, 0.29) is 6.04 Å². The van der Waals surface area contributed by atoms with Crippen molar-refractivity contribution in [3.63, 3.8) is 0 Å². The van der Waals surface area contributed by atoms with Gasteiger partial charge < -0.3 is 11.5 Å². The summed E-state index contributed by atoms with van der Waals surface area (Å²) >= 11 is 0. The molecule has 0 aliphatic carbocycles. The summed E-state index contributed by atoms with van der Waals surface area (Å²) in [4.78, 5) is 20.0.